The number of anilines is 1. The predicted molar refractivity (Wildman–Crippen MR) is 143 cm³/mol. The first kappa shape index (κ1) is 24.2. The second kappa shape index (κ2) is 10.1. The smallest absolute Gasteiger partial charge is 0.119 e. The van der Waals surface area contributed by atoms with Gasteiger partial charge in [-0.1, -0.05) is 55.5 Å². The van der Waals surface area contributed by atoms with Crippen LogP contribution in [0.4, 0.5) is 5.69 Å². The van der Waals surface area contributed by atoms with Crippen LogP contribution < -0.4 is 10.2 Å². The first-order valence-corrected chi connectivity index (χ1v) is 16.1. The van der Waals surface area contributed by atoms with E-state index in [1.807, 2.05) is 18.3 Å². The predicted octanol–water partition coefficient (Wildman–Crippen LogP) is 6.59. The highest BCUT2D eigenvalue weighted by molar-refractivity contribution is 6.76. The van der Waals surface area contributed by atoms with Gasteiger partial charge in [0, 0.05) is 37.0 Å². The monoisotopic (exact) mass is 481 g/mol. The molecule has 0 atom stereocenters. The van der Waals surface area contributed by atoms with Gasteiger partial charge in [0.25, 0.3) is 0 Å². The van der Waals surface area contributed by atoms with Gasteiger partial charge in [-0.05, 0) is 74.3 Å². The minimum atomic E-state index is -1.16. The van der Waals surface area contributed by atoms with E-state index in [-0.39, 0.29) is 5.54 Å². The van der Waals surface area contributed by atoms with E-state index in [0.29, 0.717) is 6.73 Å². The molecule has 1 aromatic heterocycles. The minimum absolute atomic E-state index is 0.193. The molecular formula is C27H36ClN3OSi. The zero-order chi connectivity index (χ0) is 23.5. The molecule has 1 fully saturated rings. The number of aromatic nitrogens is 1. The van der Waals surface area contributed by atoms with Crippen LogP contribution in [-0.4, -0.2) is 39.5 Å². The SMILES string of the molecule is Cc1c(Cl)cccc1C1(N(COCC[Si](C)(C)C)c2ccc3cccnc3c2)CCNCC1. The van der Waals surface area contributed by atoms with Crippen LogP contribution >= 0.6 is 11.6 Å². The van der Waals surface area contributed by atoms with E-state index >= 15 is 0 Å². The Labute approximate surface area is 204 Å². The summed E-state index contributed by atoms with van der Waals surface area (Å²) in [5, 5.41) is 5.54. The Bertz CT molecular complexity index is 1090. The summed E-state index contributed by atoms with van der Waals surface area (Å²) in [5.74, 6) is 0. The van der Waals surface area contributed by atoms with Gasteiger partial charge in [0.15, 0.2) is 0 Å². The molecule has 0 bridgehead atoms. The highest BCUT2D eigenvalue weighted by atomic mass is 35.5. The topological polar surface area (TPSA) is 37.4 Å². The normalized spacial score (nSPS) is 16.2. The average Bonchev–Trinajstić information content (AvgIpc) is 2.80. The lowest BCUT2D eigenvalue weighted by atomic mass is 9.77. The standard InChI is InChI=1S/C27H36ClN3OSi/c1-21-24(8-5-9-25(21)28)27(12-15-29-16-13-27)31(20-32-17-18-33(2,3)4)23-11-10-22-7-6-14-30-26(22)19-23/h5-11,14,19,29H,12-13,15-18,20H2,1-4H3. The van der Waals surface area contributed by atoms with Crippen LogP contribution in [0.1, 0.15) is 24.0 Å². The van der Waals surface area contributed by atoms with Crippen LogP contribution in [0.3, 0.4) is 0 Å². The van der Waals surface area contributed by atoms with Crippen molar-refractivity contribution in [1.29, 1.82) is 0 Å². The van der Waals surface area contributed by atoms with Crippen molar-refractivity contribution in [1.82, 2.24) is 10.3 Å². The van der Waals surface area contributed by atoms with E-state index in [4.69, 9.17) is 16.3 Å². The van der Waals surface area contributed by atoms with Gasteiger partial charge in [0.2, 0.25) is 0 Å². The van der Waals surface area contributed by atoms with Crippen molar-refractivity contribution < 1.29 is 4.74 Å². The maximum Gasteiger partial charge on any atom is 0.119 e. The number of halogens is 1. The number of nitrogens with one attached hydrogen (secondary N) is 1. The van der Waals surface area contributed by atoms with Crippen molar-refractivity contribution in [3.8, 4) is 0 Å². The van der Waals surface area contributed by atoms with E-state index in [9.17, 15) is 0 Å². The number of ether oxygens (including phenoxy) is 1. The number of pyridine rings is 1. The van der Waals surface area contributed by atoms with Gasteiger partial charge in [-0.2, -0.15) is 0 Å². The molecule has 2 heterocycles. The molecule has 0 radical (unpaired) electrons. The van der Waals surface area contributed by atoms with Crippen molar-refractivity contribution in [2.45, 2.75) is 51.0 Å². The summed E-state index contributed by atoms with van der Waals surface area (Å²) in [5.41, 5.74) is 4.42. The molecule has 3 aromatic rings. The molecule has 1 saturated heterocycles. The van der Waals surface area contributed by atoms with Crippen molar-refractivity contribution in [2.75, 3.05) is 31.3 Å². The molecule has 0 amide bonds. The maximum absolute atomic E-state index is 6.63. The first-order valence-electron chi connectivity index (χ1n) is 12.0. The lowest BCUT2D eigenvalue weighted by Gasteiger charge is -2.49. The Kier molecular flexibility index (Phi) is 7.44. The third kappa shape index (κ3) is 5.43. The fraction of sp³-hybridized carbons (Fsp3) is 0.444. The number of nitrogens with zero attached hydrogens (tertiary/aromatic N) is 2. The van der Waals surface area contributed by atoms with Gasteiger partial charge in [0.1, 0.15) is 6.73 Å². The van der Waals surface area contributed by atoms with Crippen molar-refractivity contribution >= 4 is 36.3 Å². The van der Waals surface area contributed by atoms with E-state index < -0.39 is 8.07 Å². The quantitative estimate of drug-likeness (QED) is 0.223. The zero-order valence-electron chi connectivity index (χ0n) is 20.3. The fourth-order valence-corrected chi connectivity index (χ4v) is 5.77. The van der Waals surface area contributed by atoms with E-state index in [1.54, 1.807) is 0 Å². The zero-order valence-corrected chi connectivity index (χ0v) is 22.1. The molecule has 33 heavy (non-hydrogen) atoms. The Morgan fingerprint density at radius 2 is 1.88 bits per heavy atom. The van der Waals surface area contributed by atoms with Crippen molar-refractivity contribution in [3.05, 3.63) is 70.9 Å². The van der Waals surface area contributed by atoms with Crippen molar-refractivity contribution in [3.63, 3.8) is 0 Å². The van der Waals surface area contributed by atoms with Gasteiger partial charge in [-0.15, -0.1) is 0 Å². The molecule has 0 saturated carbocycles. The van der Waals surface area contributed by atoms with Crippen LogP contribution in [0.25, 0.3) is 10.9 Å². The Hall–Kier alpha value is -1.92. The van der Waals surface area contributed by atoms with E-state index in [2.05, 4.69) is 78.2 Å². The number of piperidine rings is 1. The molecule has 0 aliphatic carbocycles. The van der Waals surface area contributed by atoms with Gasteiger partial charge >= 0.3 is 0 Å². The fourth-order valence-electron chi connectivity index (χ4n) is 4.84. The molecule has 1 aliphatic heterocycles. The number of benzene rings is 2. The van der Waals surface area contributed by atoms with E-state index in [0.717, 1.165) is 65.8 Å². The Morgan fingerprint density at radius 3 is 2.64 bits per heavy atom. The molecule has 0 unspecified atom stereocenters. The summed E-state index contributed by atoms with van der Waals surface area (Å²) >= 11 is 6.63. The minimum Gasteiger partial charge on any atom is -0.361 e. The average molecular weight is 482 g/mol. The summed E-state index contributed by atoms with van der Waals surface area (Å²) < 4.78 is 6.40. The van der Waals surface area contributed by atoms with Crippen LogP contribution in [0.5, 0.6) is 0 Å². The third-order valence-electron chi connectivity index (χ3n) is 6.83. The number of hydrogen-bond donors (Lipinski definition) is 1. The van der Waals surface area contributed by atoms with Gasteiger partial charge in [0.05, 0.1) is 11.1 Å². The summed E-state index contributed by atoms with van der Waals surface area (Å²) in [7, 11) is -1.16. The summed E-state index contributed by atoms with van der Waals surface area (Å²) in [6.45, 7) is 12.6. The summed E-state index contributed by atoms with van der Waals surface area (Å²) in [4.78, 5) is 7.11. The van der Waals surface area contributed by atoms with E-state index in [1.165, 1.54) is 5.56 Å². The summed E-state index contributed by atoms with van der Waals surface area (Å²) in [6, 6.07) is 18.2. The summed E-state index contributed by atoms with van der Waals surface area (Å²) in [6.07, 6.45) is 3.85. The number of rotatable bonds is 8. The molecular weight excluding hydrogens is 446 g/mol. The number of fused-ring (bicyclic) bond motifs is 1. The molecule has 6 heteroatoms. The first-order chi connectivity index (χ1) is 15.8. The van der Waals surface area contributed by atoms with Crippen LogP contribution in [0, 0.1) is 6.92 Å². The highest BCUT2D eigenvalue weighted by Crippen LogP contribution is 2.43. The lowest BCUT2D eigenvalue weighted by Crippen LogP contribution is -2.54. The van der Waals surface area contributed by atoms with Crippen LogP contribution in [-0.2, 0) is 10.3 Å². The van der Waals surface area contributed by atoms with Gasteiger partial charge < -0.3 is 15.0 Å². The second-order valence-corrected chi connectivity index (χ2v) is 16.4. The molecule has 4 rings (SSSR count). The largest absolute Gasteiger partial charge is 0.361 e. The molecule has 176 valence electrons. The second-order valence-electron chi connectivity index (χ2n) is 10.4. The third-order valence-corrected chi connectivity index (χ3v) is 8.95. The maximum atomic E-state index is 6.63. The molecule has 1 aliphatic rings. The molecule has 4 nitrogen and oxygen atoms in total. The lowest BCUT2D eigenvalue weighted by molar-refractivity contribution is 0.116. The van der Waals surface area contributed by atoms with Crippen molar-refractivity contribution in [2.24, 2.45) is 0 Å². The molecule has 0 spiro atoms. The Morgan fingerprint density at radius 1 is 1.09 bits per heavy atom. The van der Waals surface area contributed by atoms with Gasteiger partial charge in [-0.3, -0.25) is 4.98 Å². The van der Waals surface area contributed by atoms with Crippen LogP contribution in [0.15, 0.2) is 54.7 Å². The van der Waals surface area contributed by atoms with Crippen LogP contribution in [0.2, 0.25) is 30.7 Å². The molecule has 1 N–H and O–H groups in total. The molecule has 2 aromatic carbocycles. The highest BCUT2D eigenvalue weighted by Gasteiger charge is 2.41. The number of hydrogen-bond acceptors (Lipinski definition) is 4. The van der Waals surface area contributed by atoms with Gasteiger partial charge in [-0.25, -0.2) is 0 Å². The Balaban J connectivity index is 1.78.